The summed E-state index contributed by atoms with van der Waals surface area (Å²) in [6.45, 7) is -0.0990. The normalized spacial score (nSPS) is 14.6. The molecule has 4 nitrogen and oxygen atoms in total. The molecule has 1 aliphatic rings. The predicted molar refractivity (Wildman–Crippen MR) is 99.9 cm³/mol. The van der Waals surface area contributed by atoms with E-state index in [1.165, 1.54) is 0 Å². The predicted octanol–water partition coefficient (Wildman–Crippen LogP) is 4.07. The Labute approximate surface area is 156 Å². The summed E-state index contributed by atoms with van der Waals surface area (Å²) >= 11 is 11.9. The van der Waals surface area contributed by atoms with E-state index in [9.17, 15) is 9.59 Å². The quantitative estimate of drug-likeness (QED) is 0.797. The number of anilines is 1. The lowest BCUT2D eigenvalue weighted by molar-refractivity contribution is -0.128. The zero-order valence-corrected chi connectivity index (χ0v) is 15.0. The molecular formula is C19H18Cl2N2O2. The van der Waals surface area contributed by atoms with Gasteiger partial charge < -0.3 is 10.6 Å². The van der Waals surface area contributed by atoms with Crippen molar-refractivity contribution in [2.75, 3.05) is 11.9 Å². The van der Waals surface area contributed by atoms with Crippen LogP contribution in [0.5, 0.6) is 0 Å². The highest BCUT2D eigenvalue weighted by molar-refractivity contribution is 6.35. The lowest BCUT2D eigenvalue weighted by Crippen LogP contribution is -2.38. The highest BCUT2D eigenvalue weighted by Crippen LogP contribution is 2.48. The van der Waals surface area contributed by atoms with Gasteiger partial charge in [0.15, 0.2) is 0 Å². The molecule has 0 unspecified atom stereocenters. The average Bonchev–Trinajstić information content (AvgIpc) is 3.37. The fourth-order valence-corrected chi connectivity index (χ4v) is 3.09. The lowest BCUT2D eigenvalue weighted by atomic mass is 9.95. The van der Waals surface area contributed by atoms with Crippen LogP contribution in [-0.2, 0) is 16.0 Å². The first kappa shape index (κ1) is 17.8. The van der Waals surface area contributed by atoms with Gasteiger partial charge in [0.05, 0.1) is 22.7 Å². The van der Waals surface area contributed by atoms with Gasteiger partial charge in [0, 0.05) is 5.02 Å². The Morgan fingerprint density at radius 1 is 1.04 bits per heavy atom. The molecule has 1 aliphatic carbocycles. The molecule has 2 aromatic carbocycles. The van der Waals surface area contributed by atoms with E-state index >= 15 is 0 Å². The maximum atomic E-state index is 12.5. The number of amides is 2. The van der Waals surface area contributed by atoms with E-state index < -0.39 is 0 Å². The van der Waals surface area contributed by atoms with Gasteiger partial charge >= 0.3 is 0 Å². The van der Waals surface area contributed by atoms with Crippen molar-refractivity contribution in [2.45, 2.75) is 19.3 Å². The second kappa shape index (κ2) is 7.46. The standard InChI is InChI=1S/C19H18Cl2N2O2/c20-14-6-7-15(21)16(10-14)23-17(24)12-22-18(25)19(8-9-19)11-13-4-2-1-3-5-13/h1-7,10H,8-9,11-12H2,(H,22,25)(H,23,24). The van der Waals surface area contributed by atoms with E-state index in [1.807, 2.05) is 30.3 Å². The molecule has 0 aliphatic heterocycles. The van der Waals surface area contributed by atoms with Crippen LogP contribution in [0.15, 0.2) is 48.5 Å². The first-order valence-electron chi connectivity index (χ1n) is 8.06. The van der Waals surface area contributed by atoms with Gasteiger partial charge in [0.25, 0.3) is 0 Å². The van der Waals surface area contributed by atoms with E-state index in [0.29, 0.717) is 22.2 Å². The van der Waals surface area contributed by atoms with Gasteiger partial charge in [-0.15, -0.1) is 0 Å². The maximum absolute atomic E-state index is 12.5. The largest absolute Gasteiger partial charge is 0.347 e. The van der Waals surface area contributed by atoms with Crippen molar-refractivity contribution >= 4 is 40.7 Å². The average molecular weight is 377 g/mol. The van der Waals surface area contributed by atoms with Crippen molar-refractivity contribution in [3.05, 3.63) is 64.1 Å². The molecule has 6 heteroatoms. The Morgan fingerprint density at radius 2 is 1.76 bits per heavy atom. The van der Waals surface area contributed by atoms with Crippen molar-refractivity contribution in [1.82, 2.24) is 5.32 Å². The first-order chi connectivity index (χ1) is 12.0. The number of carbonyl (C=O) groups excluding carboxylic acids is 2. The summed E-state index contributed by atoms with van der Waals surface area (Å²) < 4.78 is 0. The van der Waals surface area contributed by atoms with Crippen molar-refractivity contribution in [1.29, 1.82) is 0 Å². The SMILES string of the molecule is O=C(CNC(=O)C1(Cc2ccccc2)CC1)Nc1cc(Cl)ccc1Cl. The van der Waals surface area contributed by atoms with Crippen molar-refractivity contribution in [3.63, 3.8) is 0 Å². The minimum atomic E-state index is -0.380. The molecule has 130 valence electrons. The molecule has 25 heavy (non-hydrogen) atoms. The van der Waals surface area contributed by atoms with Crippen LogP contribution in [0, 0.1) is 5.41 Å². The Kier molecular flexibility index (Phi) is 5.30. The zero-order chi connectivity index (χ0) is 17.9. The van der Waals surface area contributed by atoms with Crippen molar-refractivity contribution in [2.24, 2.45) is 5.41 Å². The number of benzene rings is 2. The molecule has 2 aromatic rings. The van der Waals surface area contributed by atoms with Gasteiger partial charge in [0.1, 0.15) is 0 Å². The van der Waals surface area contributed by atoms with Crippen molar-refractivity contribution < 1.29 is 9.59 Å². The van der Waals surface area contributed by atoms with Crippen LogP contribution in [0.2, 0.25) is 10.0 Å². The highest BCUT2D eigenvalue weighted by atomic mass is 35.5. The molecular weight excluding hydrogens is 359 g/mol. The molecule has 0 saturated heterocycles. The van der Waals surface area contributed by atoms with Gasteiger partial charge in [0.2, 0.25) is 11.8 Å². The molecule has 0 spiro atoms. The van der Waals surface area contributed by atoms with E-state index in [0.717, 1.165) is 18.4 Å². The van der Waals surface area contributed by atoms with Crippen LogP contribution < -0.4 is 10.6 Å². The van der Waals surface area contributed by atoms with Gasteiger partial charge in [-0.2, -0.15) is 0 Å². The van der Waals surface area contributed by atoms with Gasteiger partial charge in [-0.05, 0) is 43.0 Å². The van der Waals surface area contributed by atoms with Crippen LogP contribution in [0.25, 0.3) is 0 Å². The minimum Gasteiger partial charge on any atom is -0.347 e. The Balaban J connectivity index is 1.53. The van der Waals surface area contributed by atoms with E-state index in [2.05, 4.69) is 10.6 Å². The lowest BCUT2D eigenvalue weighted by Gasteiger charge is -2.15. The van der Waals surface area contributed by atoms with Gasteiger partial charge in [-0.3, -0.25) is 9.59 Å². The molecule has 0 radical (unpaired) electrons. The monoisotopic (exact) mass is 376 g/mol. The number of hydrogen-bond acceptors (Lipinski definition) is 2. The molecule has 0 bridgehead atoms. The molecule has 0 aromatic heterocycles. The molecule has 1 fully saturated rings. The van der Waals surface area contributed by atoms with E-state index in [4.69, 9.17) is 23.2 Å². The van der Waals surface area contributed by atoms with Gasteiger partial charge in [-0.1, -0.05) is 53.5 Å². The van der Waals surface area contributed by atoms with Crippen molar-refractivity contribution in [3.8, 4) is 0 Å². The summed E-state index contributed by atoms with van der Waals surface area (Å²) in [5.74, 6) is -0.420. The van der Waals surface area contributed by atoms with Crippen LogP contribution in [-0.4, -0.2) is 18.4 Å². The number of nitrogens with one attached hydrogen (secondary N) is 2. The summed E-state index contributed by atoms with van der Waals surface area (Å²) in [5, 5.41) is 6.26. The topological polar surface area (TPSA) is 58.2 Å². The van der Waals surface area contributed by atoms with E-state index in [-0.39, 0.29) is 23.8 Å². The van der Waals surface area contributed by atoms with Gasteiger partial charge in [-0.25, -0.2) is 0 Å². The summed E-state index contributed by atoms with van der Waals surface area (Å²) in [6, 6.07) is 14.7. The molecule has 0 heterocycles. The van der Waals surface area contributed by atoms with Crippen LogP contribution >= 0.6 is 23.2 Å². The molecule has 3 rings (SSSR count). The molecule has 2 amide bonds. The summed E-state index contributed by atoms with van der Waals surface area (Å²) in [5.41, 5.74) is 1.18. The van der Waals surface area contributed by atoms with Crippen LogP contribution in [0.4, 0.5) is 5.69 Å². The fourth-order valence-electron chi connectivity index (χ4n) is 2.76. The fraction of sp³-hybridized carbons (Fsp3) is 0.263. The third-order valence-corrected chi connectivity index (χ3v) is 4.90. The molecule has 2 N–H and O–H groups in total. The summed E-state index contributed by atoms with van der Waals surface area (Å²) in [7, 11) is 0. The number of carbonyl (C=O) groups is 2. The maximum Gasteiger partial charge on any atom is 0.243 e. The zero-order valence-electron chi connectivity index (χ0n) is 13.5. The Morgan fingerprint density at radius 3 is 2.44 bits per heavy atom. The van der Waals surface area contributed by atoms with E-state index in [1.54, 1.807) is 18.2 Å². The minimum absolute atomic E-state index is 0.0799. The highest BCUT2D eigenvalue weighted by Gasteiger charge is 2.49. The smallest absolute Gasteiger partial charge is 0.243 e. The number of hydrogen-bond donors (Lipinski definition) is 2. The Hall–Kier alpha value is -2.04. The molecule has 0 atom stereocenters. The second-order valence-corrected chi connectivity index (χ2v) is 7.14. The Bertz CT molecular complexity index is 789. The summed E-state index contributed by atoms with van der Waals surface area (Å²) in [6.07, 6.45) is 2.38. The number of halogens is 2. The third-order valence-electron chi connectivity index (χ3n) is 4.33. The second-order valence-electron chi connectivity index (χ2n) is 6.30. The van der Waals surface area contributed by atoms with Crippen LogP contribution in [0.3, 0.4) is 0 Å². The number of rotatable bonds is 6. The first-order valence-corrected chi connectivity index (χ1v) is 8.81. The molecule has 1 saturated carbocycles. The summed E-state index contributed by atoms with van der Waals surface area (Å²) in [4.78, 5) is 24.5. The van der Waals surface area contributed by atoms with Crippen LogP contribution in [0.1, 0.15) is 18.4 Å². The third kappa shape index (κ3) is 4.53.